The summed E-state index contributed by atoms with van der Waals surface area (Å²) in [6, 6.07) is 4.51. The molecule has 1 aliphatic heterocycles. The lowest BCUT2D eigenvalue weighted by molar-refractivity contribution is 0.399. The SMILES string of the molecule is CCNC(c1ccc(Cl)c(F)c1)C1CCS(=O)(=O)C1. The summed E-state index contributed by atoms with van der Waals surface area (Å²) in [6.07, 6.45) is 0.615. The highest BCUT2D eigenvalue weighted by molar-refractivity contribution is 7.91. The standard InChI is InChI=1S/C13H17ClFNO2S/c1-2-16-13(10-5-6-19(17,18)8-10)9-3-4-11(14)12(15)7-9/h3-4,7,10,13,16H,2,5-6,8H2,1H3. The van der Waals surface area contributed by atoms with Crippen molar-refractivity contribution in [2.75, 3.05) is 18.1 Å². The van der Waals surface area contributed by atoms with E-state index in [1.54, 1.807) is 6.07 Å². The van der Waals surface area contributed by atoms with Gasteiger partial charge in [0, 0.05) is 6.04 Å². The Labute approximate surface area is 118 Å². The molecule has 2 rings (SSSR count). The van der Waals surface area contributed by atoms with Crippen LogP contribution < -0.4 is 5.32 Å². The Morgan fingerprint density at radius 1 is 1.53 bits per heavy atom. The molecule has 1 N–H and O–H groups in total. The molecule has 0 bridgehead atoms. The maximum absolute atomic E-state index is 13.5. The molecule has 0 aromatic heterocycles. The fourth-order valence-corrected chi connectivity index (χ4v) is 4.53. The Bertz CT molecular complexity index is 562. The van der Waals surface area contributed by atoms with Crippen LogP contribution in [0.25, 0.3) is 0 Å². The average molecular weight is 306 g/mol. The van der Waals surface area contributed by atoms with Crippen LogP contribution >= 0.6 is 11.6 Å². The van der Waals surface area contributed by atoms with Crippen LogP contribution in [0, 0.1) is 11.7 Å². The summed E-state index contributed by atoms with van der Waals surface area (Å²) in [4.78, 5) is 0. The van der Waals surface area contributed by atoms with Gasteiger partial charge in [0.2, 0.25) is 0 Å². The second kappa shape index (κ2) is 5.77. The monoisotopic (exact) mass is 305 g/mol. The second-order valence-corrected chi connectivity index (χ2v) is 7.51. The summed E-state index contributed by atoms with van der Waals surface area (Å²) in [5.74, 6) is -0.0988. The van der Waals surface area contributed by atoms with Gasteiger partial charge >= 0.3 is 0 Å². The summed E-state index contributed by atoms with van der Waals surface area (Å²) in [6.45, 7) is 2.65. The van der Waals surface area contributed by atoms with E-state index in [0.717, 1.165) is 5.56 Å². The van der Waals surface area contributed by atoms with Crippen LogP contribution in [0.15, 0.2) is 18.2 Å². The van der Waals surface area contributed by atoms with Gasteiger partial charge in [-0.3, -0.25) is 0 Å². The molecule has 1 heterocycles. The van der Waals surface area contributed by atoms with E-state index in [-0.39, 0.29) is 28.5 Å². The fourth-order valence-electron chi connectivity index (χ4n) is 2.57. The molecule has 3 nitrogen and oxygen atoms in total. The van der Waals surface area contributed by atoms with E-state index in [1.807, 2.05) is 6.92 Å². The van der Waals surface area contributed by atoms with Gasteiger partial charge in [-0.05, 0) is 36.6 Å². The van der Waals surface area contributed by atoms with Gasteiger partial charge in [0.15, 0.2) is 9.84 Å². The van der Waals surface area contributed by atoms with Gasteiger partial charge < -0.3 is 5.32 Å². The van der Waals surface area contributed by atoms with Crippen LogP contribution in [0.5, 0.6) is 0 Å². The molecule has 1 fully saturated rings. The van der Waals surface area contributed by atoms with Gasteiger partial charge in [0.25, 0.3) is 0 Å². The van der Waals surface area contributed by atoms with Crippen molar-refractivity contribution in [1.82, 2.24) is 5.32 Å². The van der Waals surface area contributed by atoms with Gasteiger partial charge in [-0.25, -0.2) is 12.8 Å². The van der Waals surface area contributed by atoms with E-state index in [9.17, 15) is 12.8 Å². The molecule has 2 unspecified atom stereocenters. The summed E-state index contributed by atoms with van der Waals surface area (Å²) in [5.41, 5.74) is 0.755. The number of hydrogen-bond donors (Lipinski definition) is 1. The van der Waals surface area contributed by atoms with Crippen LogP contribution in [0.1, 0.15) is 24.9 Å². The predicted molar refractivity (Wildman–Crippen MR) is 74.6 cm³/mol. The number of halogens is 2. The topological polar surface area (TPSA) is 46.2 Å². The highest BCUT2D eigenvalue weighted by atomic mass is 35.5. The minimum atomic E-state index is -2.94. The van der Waals surface area contributed by atoms with Crippen LogP contribution in [0.2, 0.25) is 5.02 Å². The van der Waals surface area contributed by atoms with Crippen molar-refractivity contribution in [2.45, 2.75) is 19.4 Å². The third-order valence-corrected chi connectivity index (χ3v) is 5.57. The first-order valence-corrected chi connectivity index (χ1v) is 8.51. The third kappa shape index (κ3) is 3.46. The Morgan fingerprint density at radius 3 is 2.79 bits per heavy atom. The normalized spacial score (nSPS) is 23.4. The maximum Gasteiger partial charge on any atom is 0.150 e. The zero-order chi connectivity index (χ0) is 14.0. The quantitative estimate of drug-likeness (QED) is 0.930. The van der Waals surface area contributed by atoms with Crippen LogP contribution in [0.3, 0.4) is 0 Å². The van der Waals surface area contributed by atoms with Crippen molar-refractivity contribution in [3.8, 4) is 0 Å². The molecular weight excluding hydrogens is 289 g/mol. The molecule has 0 amide bonds. The lowest BCUT2D eigenvalue weighted by Gasteiger charge is -2.24. The van der Waals surface area contributed by atoms with Gasteiger partial charge in [-0.15, -0.1) is 0 Å². The zero-order valence-electron chi connectivity index (χ0n) is 10.7. The molecule has 1 aromatic carbocycles. The average Bonchev–Trinajstić information content (AvgIpc) is 2.70. The molecule has 0 saturated carbocycles. The summed E-state index contributed by atoms with van der Waals surface area (Å²) < 4.78 is 36.7. The van der Waals surface area contributed by atoms with Crippen molar-refractivity contribution in [1.29, 1.82) is 0 Å². The van der Waals surface area contributed by atoms with Gasteiger partial charge in [-0.2, -0.15) is 0 Å². The van der Waals surface area contributed by atoms with Crippen LogP contribution in [0.4, 0.5) is 4.39 Å². The molecular formula is C13H17ClFNO2S. The Kier molecular flexibility index (Phi) is 4.48. The minimum Gasteiger partial charge on any atom is -0.310 e. The first-order chi connectivity index (χ1) is 8.93. The van der Waals surface area contributed by atoms with Crippen molar-refractivity contribution >= 4 is 21.4 Å². The maximum atomic E-state index is 13.5. The van der Waals surface area contributed by atoms with E-state index in [2.05, 4.69) is 5.32 Å². The van der Waals surface area contributed by atoms with Gasteiger partial charge in [-0.1, -0.05) is 24.6 Å². The first kappa shape index (κ1) is 14.8. The number of hydrogen-bond acceptors (Lipinski definition) is 3. The van der Waals surface area contributed by atoms with Crippen LogP contribution in [-0.4, -0.2) is 26.5 Å². The van der Waals surface area contributed by atoms with E-state index in [1.165, 1.54) is 12.1 Å². The summed E-state index contributed by atoms with van der Waals surface area (Å²) in [7, 11) is -2.94. The lowest BCUT2D eigenvalue weighted by Crippen LogP contribution is -2.29. The zero-order valence-corrected chi connectivity index (χ0v) is 12.3. The molecule has 106 valence electrons. The van der Waals surface area contributed by atoms with Crippen molar-refractivity contribution in [3.05, 3.63) is 34.6 Å². The van der Waals surface area contributed by atoms with Crippen molar-refractivity contribution < 1.29 is 12.8 Å². The van der Waals surface area contributed by atoms with Crippen molar-refractivity contribution in [2.24, 2.45) is 5.92 Å². The largest absolute Gasteiger partial charge is 0.310 e. The molecule has 6 heteroatoms. The van der Waals surface area contributed by atoms with Crippen molar-refractivity contribution in [3.63, 3.8) is 0 Å². The first-order valence-electron chi connectivity index (χ1n) is 6.31. The van der Waals surface area contributed by atoms with E-state index in [0.29, 0.717) is 13.0 Å². The number of nitrogens with one attached hydrogen (secondary N) is 1. The molecule has 2 atom stereocenters. The lowest BCUT2D eigenvalue weighted by atomic mass is 9.92. The predicted octanol–water partition coefficient (Wildman–Crippen LogP) is 2.56. The Balaban J connectivity index is 2.27. The second-order valence-electron chi connectivity index (χ2n) is 4.87. The summed E-state index contributed by atoms with van der Waals surface area (Å²) in [5, 5.41) is 3.33. The minimum absolute atomic E-state index is 0.00877. The highest BCUT2D eigenvalue weighted by Crippen LogP contribution is 2.32. The molecule has 0 aliphatic carbocycles. The highest BCUT2D eigenvalue weighted by Gasteiger charge is 2.34. The summed E-state index contributed by atoms with van der Waals surface area (Å²) >= 11 is 5.68. The Morgan fingerprint density at radius 2 is 2.26 bits per heavy atom. The number of sulfone groups is 1. The van der Waals surface area contributed by atoms with Gasteiger partial charge in [0.1, 0.15) is 5.82 Å². The van der Waals surface area contributed by atoms with E-state index in [4.69, 9.17) is 11.6 Å². The third-order valence-electron chi connectivity index (χ3n) is 3.47. The Hall–Kier alpha value is -0.650. The molecule has 0 spiro atoms. The molecule has 19 heavy (non-hydrogen) atoms. The van der Waals surface area contributed by atoms with E-state index >= 15 is 0 Å². The molecule has 1 aromatic rings. The van der Waals surface area contributed by atoms with Gasteiger partial charge in [0.05, 0.1) is 16.5 Å². The van der Waals surface area contributed by atoms with E-state index < -0.39 is 15.7 Å². The molecule has 0 radical (unpaired) electrons. The number of rotatable bonds is 4. The molecule has 1 saturated heterocycles. The smallest absolute Gasteiger partial charge is 0.150 e. The fraction of sp³-hybridized carbons (Fsp3) is 0.538. The number of benzene rings is 1. The molecule has 1 aliphatic rings. The van der Waals surface area contributed by atoms with Crippen LogP contribution in [-0.2, 0) is 9.84 Å².